The van der Waals surface area contributed by atoms with E-state index < -0.39 is 23.3 Å². The van der Waals surface area contributed by atoms with Crippen LogP contribution in [0.4, 0.5) is 13.2 Å². The van der Waals surface area contributed by atoms with Crippen LogP contribution in [0.2, 0.25) is 0 Å². The second kappa shape index (κ2) is 7.37. The molecule has 2 aliphatic rings. The lowest BCUT2D eigenvalue weighted by Crippen LogP contribution is -2.51. The van der Waals surface area contributed by atoms with Gasteiger partial charge in [-0.25, -0.2) is 0 Å². The molecule has 168 valence electrons. The molecule has 1 fully saturated rings. The number of hydrogen-bond acceptors (Lipinski definition) is 3. The quantitative estimate of drug-likeness (QED) is 0.587. The zero-order valence-corrected chi connectivity index (χ0v) is 17.6. The number of methoxy groups -OCH3 is 1. The van der Waals surface area contributed by atoms with Gasteiger partial charge in [0.25, 0.3) is 11.8 Å². The van der Waals surface area contributed by atoms with E-state index in [0.717, 1.165) is 12.1 Å². The molecule has 2 aliphatic heterocycles. The largest absolute Gasteiger partial charge is 0.497 e. The highest BCUT2D eigenvalue weighted by atomic mass is 19.4. The van der Waals surface area contributed by atoms with Crippen LogP contribution >= 0.6 is 0 Å². The standard InChI is InChI=1S/C25H19F3N2O3/c1-33-19-11-9-17(10-12-19)24-21-8-3-2-7-20(21)23(32)30(24)14-13-29(24)22(31)16-5-4-6-18(15-16)25(26,27)28/h2-12,15H,13-14H2,1H3. The Bertz CT molecular complexity index is 1260. The summed E-state index contributed by atoms with van der Waals surface area (Å²) in [5, 5.41) is 0. The summed E-state index contributed by atoms with van der Waals surface area (Å²) in [6, 6.07) is 18.4. The zero-order chi connectivity index (χ0) is 23.4. The third-order valence-electron chi connectivity index (χ3n) is 6.28. The Labute approximate surface area is 188 Å². The first-order valence-corrected chi connectivity index (χ1v) is 10.3. The van der Waals surface area contributed by atoms with Crippen LogP contribution in [0.15, 0.2) is 72.8 Å². The van der Waals surface area contributed by atoms with Gasteiger partial charge in [-0.1, -0.05) is 36.4 Å². The maximum absolute atomic E-state index is 13.7. The fraction of sp³-hybridized carbons (Fsp3) is 0.200. The third kappa shape index (κ3) is 3.01. The molecule has 0 aromatic heterocycles. The highest BCUT2D eigenvalue weighted by Gasteiger charge is 2.59. The lowest BCUT2D eigenvalue weighted by molar-refractivity contribution is -0.137. The second-order valence-corrected chi connectivity index (χ2v) is 7.94. The van der Waals surface area contributed by atoms with E-state index in [9.17, 15) is 22.8 Å². The Hall–Kier alpha value is -3.81. The van der Waals surface area contributed by atoms with Gasteiger partial charge in [-0.15, -0.1) is 0 Å². The number of benzene rings is 3. The lowest BCUT2D eigenvalue weighted by atomic mass is 9.89. The molecule has 3 aromatic carbocycles. The van der Waals surface area contributed by atoms with Crippen molar-refractivity contribution in [2.24, 2.45) is 0 Å². The second-order valence-electron chi connectivity index (χ2n) is 7.94. The van der Waals surface area contributed by atoms with Gasteiger partial charge >= 0.3 is 6.18 Å². The van der Waals surface area contributed by atoms with Gasteiger partial charge in [-0.3, -0.25) is 9.59 Å². The topological polar surface area (TPSA) is 49.9 Å². The fourth-order valence-electron chi connectivity index (χ4n) is 4.85. The van der Waals surface area contributed by atoms with Crippen molar-refractivity contribution < 1.29 is 27.5 Å². The molecule has 0 radical (unpaired) electrons. The molecule has 1 atom stereocenters. The molecule has 5 nitrogen and oxygen atoms in total. The van der Waals surface area contributed by atoms with Crippen molar-refractivity contribution in [3.8, 4) is 5.75 Å². The van der Waals surface area contributed by atoms with Gasteiger partial charge in [0.05, 0.1) is 12.7 Å². The molecule has 0 bridgehead atoms. The Morgan fingerprint density at radius 1 is 0.970 bits per heavy atom. The molecule has 2 heterocycles. The number of rotatable bonds is 3. The highest BCUT2D eigenvalue weighted by Crippen LogP contribution is 2.50. The van der Waals surface area contributed by atoms with Crippen molar-refractivity contribution in [3.05, 3.63) is 101 Å². The van der Waals surface area contributed by atoms with E-state index in [-0.39, 0.29) is 24.6 Å². The average Bonchev–Trinajstić information content (AvgIpc) is 3.34. The van der Waals surface area contributed by atoms with Crippen molar-refractivity contribution in [2.45, 2.75) is 11.8 Å². The van der Waals surface area contributed by atoms with Gasteiger partial charge < -0.3 is 14.5 Å². The van der Waals surface area contributed by atoms with Gasteiger partial charge in [0.15, 0.2) is 5.66 Å². The summed E-state index contributed by atoms with van der Waals surface area (Å²) >= 11 is 0. The molecule has 2 amide bonds. The highest BCUT2D eigenvalue weighted by molar-refractivity contribution is 6.03. The van der Waals surface area contributed by atoms with Crippen molar-refractivity contribution in [3.63, 3.8) is 0 Å². The number of amides is 2. The number of nitrogens with zero attached hydrogens (tertiary/aromatic N) is 2. The van der Waals surface area contributed by atoms with E-state index in [0.29, 0.717) is 22.4 Å². The predicted molar refractivity (Wildman–Crippen MR) is 114 cm³/mol. The normalized spacial score (nSPS) is 19.5. The molecule has 0 saturated carbocycles. The van der Waals surface area contributed by atoms with Gasteiger partial charge in [0, 0.05) is 35.3 Å². The van der Waals surface area contributed by atoms with Crippen molar-refractivity contribution in [1.29, 1.82) is 0 Å². The van der Waals surface area contributed by atoms with Crippen LogP contribution < -0.4 is 4.74 Å². The van der Waals surface area contributed by atoms with Crippen LogP contribution in [0, 0.1) is 0 Å². The fourth-order valence-corrected chi connectivity index (χ4v) is 4.85. The summed E-state index contributed by atoms with van der Waals surface area (Å²) < 4.78 is 45.1. The number of ether oxygens (including phenoxy) is 1. The van der Waals surface area contributed by atoms with E-state index in [1.165, 1.54) is 24.1 Å². The number of hydrogen-bond donors (Lipinski definition) is 0. The number of halogens is 3. The van der Waals surface area contributed by atoms with E-state index in [4.69, 9.17) is 4.74 Å². The van der Waals surface area contributed by atoms with Crippen LogP contribution in [0.25, 0.3) is 0 Å². The summed E-state index contributed by atoms with van der Waals surface area (Å²) in [6.45, 7) is 0.436. The number of carbonyl (C=O) groups is 2. The predicted octanol–water partition coefficient (Wildman–Crippen LogP) is 4.53. The molecule has 0 aliphatic carbocycles. The summed E-state index contributed by atoms with van der Waals surface area (Å²) in [5.74, 6) is -0.197. The van der Waals surface area contributed by atoms with Gasteiger partial charge in [-0.2, -0.15) is 13.2 Å². The Morgan fingerprint density at radius 3 is 2.39 bits per heavy atom. The SMILES string of the molecule is COc1ccc(C23c4ccccc4C(=O)N2CCN3C(=O)c2cccc(C(F)(F)F)c2)cc1. The Morgan fingerprint density at radius 2 is 1.70 bits per heavy atom. The molecule has 1 saturated heterocycles. The molecule has 8 heteroatoms. The first-order chi connectivity index (χ1) is 15.8. The van der Waals surface area contributed by atoms with Crippen LogP contribution in [0.1, 0.15) is 37.4 Å². The maximum Gasteiger partial charge on any atom is 0.416 e. The molecular formula is C25H19F3N2O3. The van der Waals surface area contributed by atoms with Crippen molar-refractivity contribution in [2.75, 3.05) is 20.2 Å². The van der Waals surface area contributed by atoms with E-state index in [2.05, 4.69) is 0 Å². The van der Waals surface area contributed by atoms with Crippen molar-refractivity contribution >= 4 is 11.8 Å². The molecule has 0 N–H and O–H groups in total. The first kappa shape index (κ1) is 21.1. The van der Waals surface area contributed by atoms with Crippen molar-refractivity contribution in [1.82, 2.24) is 9.80 Å². The number of alkyl halides is 3. The zero-order valence-electron chi connectivity index (χ0n) is 17.6. The monoisotopic (exact) mass is 452 g/mol. The van der Waals surface area contributed by atoms with Gasteiger partial charge in [0.2, 0.25) is 0 Å². The number of fused-ring (bicyclic) bond motifs is 3. The molecule has 1 unspecified atom stereocenters. The molecule has 3 aromatic rings. The minimum Gasteiger partial charge on any atom is -0.497 e. The number of carbonyl (C=O) groups excluding carboxylic acids is 2. The molecular weight excluding hydrogens is 433 g/mol. The Kier molecular flexibility index (Phi) is 4.70. The van der Waals surface area contributed by atoms with E-state index >= 15 is 0 Å². The minimum atomic E-state index is -4.57. The van der Waals surface area contributed by atoms with Crippen LogP contribution in [0.3, 0.4) is 0 Å². The van der Waals surface area contributed by atoms with Crippen LogP contribution in [-0.4, -0.2) is 41.8 Å². The van der Waals surface area contributed by atoms with Crippen LogP contribution in [-0.2, 0) is 11.8 Å². The van der Waals surface area contributed by atoms with Gasteiger partial charge in [-0.05, 0) is 36.4 Å². The van der Waals surface area contributed by atoms with Gasteiger partial charge in [0.1, 0.15) is 5.75 Å². The third-order valence-corrected chi connectivity index (χ3v) is 6.28. The summed E-state index contributed by atoms with van der Waals surface area (Å²) in [6.07, 6.45) is -4.57. The minimum absolute atomic E-state index is 0.0867. The molecule has 33 heavy (non-hydrogen) atoms. The summed E-state index contributed by atoms with van der Waals surface area (Å²) in [4.78, 5) is 30.1. The first-order valence-electron chi connectivity index (χ1n) is 10.3. The Balaban J connectivity index is 1.70. The molecule has 5 rings (SSSR count). The van der Waals surface area contributed by atoms with E-state index in [1.807, 2.05) is 0 Å². The van der Waals surface area contributed by atoms with Crippen LogP contribution in [0.5, 0.6) is 5.75 Å². The summed E-state index contributed by atoms with van der Waals surface area (Å²) in [7, 11) is 1.53. The van der Waals surface area contributed by atoms with E-state index in [1.54, 1.807) is 53.4 Å². The summed E-state index contributed by atoms with van der Waals surface area (Å²) in [5.41, 5.74) is -0.500. The maximum atomic E-state index is 13.7. The molecule has 0 spiro atoms. The lowest BCUT2D eigenvalue weighted by Gasteiger charge is -2.40. The average molecular weight is 452 g/mol. The smallest absolute Gasteiger partial charge is 0.416 e.